The van der Waals surface area contributed by atoms with E-state index < -0.39 is 17.5 Å². The lowest BCUT2D eigenvalue weighted by atomic mass is 9.48. The number of benzene rings is 1. The largest absolute Gasteiger partial charge is 0.348 e. The summed E-state index contributed by atoms with van der Waals surface area (Å²) in [5.41, 5.74) is 5.69. The van der Waals surface area contributed by atoms with E-state index in [2.05, 4.69) is 5.32 Å². The maximum absolute atomic E-state index is 13.8. The van der Waals surface area contributed by atoms with Crippen LogP contribution in [-0.2, 0) is 0 Å². The summed E-state index contributed by atoms with van der Waals surface area (Å²) in [6.07, 6.45) is 0. The van der Waals surface area contributed by atoms with E-state index in [-0.39, 0.29) is 34.0 Å². The average molecular weight is 296 g/mol. The van der Waals surface area contributed by atoms with Crippen molar-refractivity contribution in [2.24, 2.45) is 16.6 Å². The molecule has 3 nitrogen and oxygen atoms in total. The number of hydrogen-bond acceptors (Lipinski definition) is 2. The molecule has 0 atom stereocenters. The zero-order valence-electron chi connectivity index (χ0n) is 13.1. The van der Waals surface area contributed by atoms with Crippen LogP contribution in [0.5, 0.6) is 0 Å². The molecule has 0 aromatic heterocycles. The van der Waals surface area contributed by atoms with Gasteiger partial charge in [0.15, 0.2) is 0 Å². The number of carbonyl (C=O) groups excluding carboxylic acids is 1. The van der Waals surface area contributed by atoms with Crippen LogP contribution in [0.3, 0.4) is 0 Å². The zero-order chi connectivity index (χ0) is 16.2. The summed E-state index contributed by atoms with van der Waals surface area (Å²) in [5.74, 6) is -2.04. The van der Waals surface area contributed by atoms with Crippen LogP contribution < -0.4 is 11.1 Å². The van der Waals surface area contributed by atoms with Crippen LogP contribution in [0.1, 0.15) is 43.6 Å². The number of halogens is 2. The van der Waals surface area contributed by atoms with Crippen LogP contribution in [0.2, 0.25) is 0 Å². The van der Waals surface area contributed by atoms with E-state index in [0.29, 0.717) is 0 Å². The standard InChI is InChI=1S/C16H22F2N2O/c1-8-6-9(11(18)7-10(8)17)12(21)20-14-15(2,3)13(19)16(14,4)5/h6-7,13-14H,19H2,1-5H3,(H,20,21). The molecule has 3 N–H and O–H groups in total. The summed E-state index contributed by atoms with van der Waals surface area (Å²) in [7, 11) is 0. The van der Waals surface area contributed by atoms with Crippen LogP contribution in [-0.4, -0.2) is 18.0 Å². The Morgan fingerprint density at radius 1 is 1.14 bits per heavy atom. The molecule has 2 rings (SSSR count). The van der Waals surface area contributed by atoms with Gasteiger partial charge in [-0.1, -0.05) is 27.7 Å². The van der Waals surface area contributed by atoms with Gasteiger partial charge >= 0.3 is 0 Å². The van der Waals surface area contributed by atoms with Gasteiger partial charge in [-0.15, -0.1) is 0 Å². The van der Waals surface area contributed by atoms with Crippen molar-refractivity contribution in [1.82, 2.24) is 5.32 Å². The van der Waals surface area contributed by atoms with E-state index in [0.717, 1.165) is 6.07 Å². The molecule has 1 aliphatic rings. The van der Waals surface area contributed by atoms with E-state index in [1.807, 2.05) is 27.7 Å². The van der Waals surface area contributed by atoms with Crippen molar-refractivity contribution in [3.05, 3.63) is 34.9 Å². The molecule has 0 spiro atoms. The Hall–Kier alpha value is -1.49. The number of amides is 1. The molecule has 0 saturated heterocycles. The third-order valence-electron chi connectivity index (χ3n) is 4.86. The summed E-state index contributed by atoms with van der Waals surface area (Å²) < 4.78 is 27.1. The molecule has 0 radical (unpaired) electrons. The van der Waals surface area contributed by atoms with Crippen LogP contribution in [0.15, 0.2) is 12.1 Å². The molecule has 0 unspecified atom stereocenters. The van der Waals surface area contributed by atoms with Gasteiger partial charge in [-0.05, 0) is 18.6 Å². The summed E-state index contributed by atoms with van der Waals surface area (Å²) >= 11 is 0. The number of nitrogens with two attached hydrogens (primary N) is 1. The first kappa shape index (κ1) is 15.9. The Kier molecular flexibility index (Phi) is 3.61. The molecule has 0 aliphatic heterocycles. The molecule has 21 heavy (non-hydrogen) atoms. The predicted octanol–water partition coefficient (Wildman–Crippen LogP) is 2.76. The van der Waals surface area contributed by atoms with Gasteiger partial charge in [0.25, 0.3) is 5.91 Å². The van der Waals surface area contributed by atoms with Crippen molar-refractivity contribution in [2.45, 2.75) is 46.7 Å². The van der Waals surface area contributed by atoms with Crippen LogP contribution in [0.4, 0.5) is 8.78 Å². The van der Waals surface area contributed by atoms with Crippen molar-refractivity contribution in [2.75, 3.05) is 0 Å². The summed E-state index contributed by atoms with van der Waals surface area (Å²) in [4.78, 5) is 12.3. The highest BCUT2D eigenvalue weighted by Crippen LogP contribution is 2.52. The Balaban J connectivity index is 2.25. The van der Waals surface area contributed by atoms with Gasteiger partial charge in [0.2, 0.25) is 0 Å². The molecule has 1 saturated carbocycles. The van der Waals surface area contributed by atoms with Gasteiger partial charge in [-0.2, -0.15) is 0 Å². The third kappa shape index (κ3) is 2.33. The minimum absolute atomic E-state index is 0.0601. The molecule has 116 valence electrons. The quantitative estimate of drug-likeness (QED) is 0.881. The van der Waals surface area contributed by atoms with Crippen molar-refractivity contribution < 1.29 is 13.6 Å². The highest BCUT2D eigenvalue weighted by molar-refractivity contribution is 5.95. The Morgan fingerprint density at radius 2 is 1.67 bits per heavy atom. The van der Waals surface area contributed by atoms with Crippen LogP contribution in [0.25, 0.3) is 0 Å². The average Bonchev–Trinajstić information content (AvgIpc) is 2.38. The maximum Gasteiger partial charge on any atom is 0.254 e. The molecule has 0 bridgehead atoms. The van der Waals surface area contributed by atoms with E-state index in [1.165, 1.54) is 13.0 Å². The lowest BCUT2D eigenvalue weighted by Crippen LogP contribution is -2.76. The second kappa shape index (κ2) is 4.77. The lowest BCUT2D eigenvalue weighted by molar-refractivity contribution is -0.0664. The highest BCUT2D eigenvalue weighted by atomic mass is 19.1. The third-order valence-corrected chi connectivity index (χ3v) is 4.86. The minimum Gasteiger partial charge on any atom is -0.348 e. The van der Waals surface area contributed by atoms with Crippen molar-refractivity contribution in [3.8, 4) is 0 Å². The second-order valence-electron chi connectivity index (χ2n) is 7.11. The Morgan fingerprint density at radius 3 is 2.19 bits per heavy atom. The molecule has 0 heterocycles. The molecule has 5 heteroatoms. The highest BCUT2D eigenvalue weighted by Gasteiger charge is 2.60. The molecule has 1 aliphatic carbocycles. The van der Waals surface area contributed by atoms with Crippen LogP contribution in [0, 0.1) is 29.4 Å². The molecular weight excluding hydrogens is 274 g/mol. The number of rotatable bonds is 2. The smallest absolute Gasteiger partial charge is 0.254 e. The number of hydrogen-bond donors (Lipinski definition) is 2. The molecule has 1 fully saturated rings. The Labute approximate surface area is 123 Å². The fourth-order valence-electron chi connectivity index (χ4n) is 3.59. The van der Waals surface area contributed by atoms with Crippen molar-refractivity contribution in [1.29, 1.82) is 0 Å². The topological polar surface area (TPSA) is 55.1 Å². The molecule has 1 aromatic carbocycles. The maximum atomic E-state index is 13.8. The lowest BCUT2D eigenvalue weighted by Gasteiger charge is -2.62. The second-order valence-corrected chi connectivity index (χ2v) is 7.11. The first-order valence-corrected chi connectivity index (χ1v) is 7.01. The molecular formula is C16H22F2N2O. The van der Waals surface area contributed by atoms with E-state index >= 15 is 0 Å². The first-order valence-electron chi connectivity index (χ1n) is 7.01. The van der Waals surface area contributed by atoms with Gasteiger partial charge in [-0.25, -0.2) is 8.78 Å². The predicted molar refractivity (Wildman–Crippen MR) is 77.9 cm³/mol. The zero-order valence-corrected chi connectivity index (χ0v) is 13.1. The van der Waals surface area contributed by atoms with Gasteiger partial charge in [0.1, 0.15) is 11.6 Å². The molecule has 1 amide bonds. The van der Waals surface area contributed by atoms with Gasteiger partial charge < -0.3 is 11.1 Å². The first-order chi connectivity index (χ1) is 9.49. The number of nitrogens with one attached hydrogen (secondary N) is 1. The van der Waals surface area contributed by atoms with Gasteiger partial charge in [-0.3, -0.25) is 4.79 Å². The monoisotopic (exact) mass is 296 g/mol. The summed E-state index contributed by atoms with van der Waals surface area (Å²) in [5, 5.41) is 2.85. The SMILES string of the molecule is Cc1cc(C(=O)NC2C(C)(C)C(N)C2(C)C)c(F)cc1F. The van der Waals surface area contributed by atoms with E-state index in [1.54, 1.807) is 0 Å². The van der Waals surface area contributed by atoms with Crippen molar-refractivity contribution >= 4 is 5.91 Å². The van der Waals surface area contributed by atoms with Crippen molar-refractivity contribution in [3.63, 3.8) is 0 Å². The normalized spacial score (nSPS) is 26.1. The minimum atomic E-state index is -0.852. The Bertz CT molecular complexity index is 580. The van der Waals surface area contributed by atoms with E-state index in [9.17, 15) is 13.6 Å². The fraction of sp³-hybridized carbons (Fsp3) is 0.562. The number of carbonyl (C=O) groups is 1. The van der Waals surface area contributed by atoms with Gasteiger partial charge in [0, 0.05) is 29.0 Å². The van der Waals surface area contributed by atoms with E-state index in [4.69, 9.17) is 5.73 Å². The van der Waals surface area contributed by atoms with Gasteiger partial charge in [0.05, 0.1) is 5.56 Å². The molecule has 1 aromatic rings. The fourth-order valence-corrected chi connectivity index (χ4v) is 3.59. The van der Waals surface area contributed by atoms with Crippen LogP contribution >= 0.6 is 0 Å². The summed E-state index contributed by atoms with van der Waals surface area (Å²) in [6.45, 7) is 9.39. The summed E-state index contributed by atoms with van der Waals surface area (Å²) in [6, 6.07) is 1.75. The number of aryl methyl sites for hydroxylation is 1.